The summed E-state index contributed by atoms with van der Waals surface area (Å²) in [5.41, 5.74) is 0.484. The fourth-order valence-electron chi connectivity index (χ4n) is 2.24. The first-order chi connectivity index (χ1) is 8.58. The molecular formula is C13H24N4O. The fraction of sp³-hybridized carbons (Fsp3) is 0.846. The van der Waals surface area contributed by atoms with Crippen molar-refractivity contribution >= 4 is 6.01 Å². The van der Waals surface area contributed by atoms with Gasteiger partial charge in [0.15, 0.2) is 0 Å². The van der Waals surface area contributed by atoms with E-state index in [2.05, 4.69) is 34.3 Å². The van der Waals surface area contributed by atoms with Gasteiger partial charge in [-0.3, -0.25) is 0 Å². The van der Waals surface area contributed by atoms with Crippen molar-refractivity contribution in [1.29, 1.82) is 0 Å². The molecule has 1 atom stereocenters. The molecule has 1 aliphatic heterocycles. The Labute approximate surface area is 109 Å². The quantitative estimate of drug-likeness (QED) is 0.891. The molecule has 2 heterocycles. The monoisotopic (exact) mass is 252 g/mol. The topological polar surface area (TPSA) is 54.2 Å². The summed E-state index contributed by atoms with van der Waals surface area (Å²) in [6.07, 6.45) is 3.64. The molecule has 0 radical (unpaired) electrons. The van der Waals surface area contributed by atoms with E-state index >= 15 is 0 Å². The van der Waals surface area contributed by atoms with E-state index < -0.39 is 0 Å². The van der Waals surface area contributed by atoms with Gasteiger partial charge in [-0.2, -0.15) is 0 Å². The lowest BCUT2D eigenvalue weighted by molar-refractivity contribution is 0.233. The predicted octanol–water partition coefficient (Wildman–Crippen LogP) is 2.37. The van der Waals surface area contributed by atoms with Crippen LogP contribution in [-0.2, 0) is 0 Å². The number of hydrogen-bond donors (Lipinski definition) is 1. The lowest BCUT2D eigenvalue weighted by Gasteiger charge is -2.37. The Morgan fingerprint density at radius 1 is 1.39 bits per heavy atom. The number of hydrogen-bond acceptors (Lipinski definition) is 5. The summed E-state index contributed by atoms with van der Waals surface area (Å²) >= 11 is 0. The average molecular weight is 252 g/mol. The third kappa shape index (κ3) is 2.66. The molecule has 1 saturated heterocycles. The van der Waals surface area contributed by atoms with Crippen LogP contribution in [0.25, 0.3) is 0 Å². The Hall–Kier alpha value is -1.10. The molecule has 1 aliphatic rings. The van der Waals surface area contributed by atoms with Gasteiger partial charge in [0.1, 0.15) is 0 Å². The normalized spacial score (nSPS) is 21.0. The maximum atomic E-state index is 5.72. The molecule has 0 amide bonds. The van der Waals surface area contributed by atoms with Crippen LogP contribution in [0.1, 0.15) is 52.0 Å². The van der Waals surface area contributed by atoms with Gasteiger partial charge in [0.05, 0.1) is 6.04 Å². The fourth-order valence-corrected chi connectivity index (χ4v) is 2.24. The number of nitrogens with one attached hydrogen (secondary N) is 1. The zero-order chi connectivity index (χ0) is 13.2. The molecule has 1 fully saturated rings. The molecular weight excluding hydrogens is 228 g/mol. The molecule has 102 valence electrons. The van der Waals surface area contributed by atoms with Crippen molar-refractivity contribution in [3.8, 4) is 0 Å². The first-order valence-electron chi connectivity index (χ1n) is 6.83. The van der Waals surface area contributed by atoms with Gasteiger partial charge in [0.2, 0.25) is 5.89 Å². The zero-order valence-electron chi connectivity index (χ0n) is 11.9. The molecule has 0 bridgehead atoms. The van der Waals surface area contributed by atoms with Crippen molar-refractivity contribution in [3.05, 3.63) is 5.89 Å². The Kier molecular flexibility index (Phi) is 3.90. The lowest BCUT2D eigenvalue weighted by atomic mass is 9.78. The van der Waals surface area contributed by atoms with Gasteiger partial charge in [-0.1, -0.05) is 25.4 Å². The van der Waals surface area contributed by atoms with Gasteiger partial charge in [-0.05, 0) is 32.2 Å². The zero-order valence-corrected chi connectivity index (χ0v) is 11.9. The van der Waals surface area contributed by atoms with Gasteiger partial charge in [-0.25, -0.2) is 0 Å². The second-order valence-corrected chi connectivity index (χ2v) is 5.58. The van der Waals surface area contributed by atoms with Crippen LogP contribution < -0.4 is 10.2 Å². The van der Waals surface area contributed by atoms with Gasteiger partial charge >= 0.3 is 6.01 Å². The summed E-state index contributed by atoms with van der Waals surface area (Å²) in [7, 11) is 1.89. The molecule has 2 rings (SSSR count). The minimum absolute atomic E-state index is 0.108. The average Bonchev–Trinajstić information content (AvgIpc) is 2.88. The first-order valence-corrected chi connectivity index (χ1v) is 6.83. The molecule has 0 saturated carbocycles. The molecule has 0 aliphatic carbocycles. The Bertz CT molecular complexity index is 382. The molecule has 1 N–H and O–H groups in total. The van der Waals surface area contributed by atoms with Crippen LogP contribution in [0, 0.1) is 5.41 Å². The number of rotatable bonds is 4. The van der Waals surface area contributed by atoms with Crippen LogP contribution in [0.2, 0.25) is 0 Å². The van der Waals surface area contributed by atoms with Crippen molar-refractivity contribution in [3.63, 3.8) is 0 Å². The Morgan fingerprint density at radius 3 is 2.61 bits per heavy atom. The highest BCUT2D eigenvalue weighted by Gasteiger charge is 2.30. The SMILES string of the molecule is CCC1(C)CCN(c2nnc(C(C)NC)o2)CC1. The molecule has 0 aromatic carbocycles. The summed E-state index contributed by atoms with van der Waals surface area (Å²) < 4.78 is 5.72. The van der Waals surface area contributed by atoms with Crippen molar-refractivity contribution < 1.29 is 4.42 Å². The van der Waals surface area contributed by atoms with Gasteiger partial charge in [-0.15, -0.1) is 5.10 Å². The van der Waals surface area contributed by atoms with Crippen LogP contribution in [0.3, 0.4) is 0 Å². The Morgan fingerprint density at radius 2 is 2.06 bits per heavy atom. The standard InChI is InChI=1S/C13H24N4O/c1-5-13(3)6-8-17(9-7-13)12-16-15-11(18-12)10(2)14-4/h10,14H,5-9H2,1-4H3. The number of aromatic nitrogens is 2. The molecule has 1 aromatic heterocycles. The highest BCUT2D eigenvalue weighted by Crippen LogP contribution is 2.35. The van der Waals surface area contributed by atoms with E-state index in [1.165, 1.54) is 19.3 Å². The van der Waals surface area contributed by atoms with E-state index in [4.69, 9.17) is 4.42 Å². The van der Waals surface area contributed by atoms with Crippen LogP contribution in [0.15, 0.2) is 4.42 Å². The molecule has 1 unspecified atom stereocenters. The lowest BCUT2D eigenvalue weighted by Crippen LogP contribution is -2.38. The maximum Gasteiger partial charge on any atom is 0.318 e. The highest BCUT2D eigenvalue weighted by molar-refractivity contribution is 5.25. The first kappa shape index (κ1) is 13.3. The summed E-state index contributed by atoms with van der Waals surface area (Å²) in [6.45, 7) is 8.68. The van der Waals surface area contributed by atoms with Crippen molar-refractivity contribution in [1.82, 2.24) is 15.5 Å². The van der Waals surface area contributed by atoms with Gasteiger partial charge < -0.3 is 14.6 Å². The van der Waals surface area contributed by atoms with Crippen LogP contribution in [0.4, 0.5) is 6.01 Å². The van der Waals surface area contributed by atoms with E-state index in [9.17, 15) is 0 Å². The van der Waals surface area contributed by atoms with E-state index in [1.807, 2.05) is 14.0 Å². The largest absolute Gasteiger partial charge is 0.406 e. The van der Waals surface area contributed by atoms with Gasteiger partial charge in [0.25, 0.3) is 0 Å². The summed E-state index contributed by atoms with van der Waals surface area (Å²) in [4.78, 5) is 2.20. The third-order valence-electron chi connectivity index (χ3n) is 4.33. The van der Waals surface area contributed by atoms with Crippen LogP contribution in [0.5, 0.6) is 0 Å². The van der Waals surface area contributed by atoms with E-state index in [0.717, 1.165) is 13.1 Å². The second kappa shape index (κ2) is 5.26. The van der Waals surface area contributed by atoms with Crippen molar-refractivity contribution in [2.75, 3.05) is 25.0 Å². The van der Waals surface area contributed by atoms with E-state index in [-0.39, 0.29) is 6.04 Å². The minimum atomic E-state index is 0.108. The molecule has 5 heteroatoms. The maximum absolute atomic E-state index is 5.72. The molecule has 1 aromatic rings. The summed E-state index contributed by atoms with van der Waals surface area (Å²) in [6, 6.07) is 0.780. The summed E-state index contributed by atoms with van der Waals surface area (Å²) in [5.74, 6) is 0.663. The molecule has 18 heavy (non-hydrogen) atoms. The van der Waals surface area contributed by atoms with Crippen LogP contribution >= 0.6 is 0 Å². The second-order valence-electron chi connectivity index (χ2n) is 5.58. The molecule has 5 nitrogen and oxygen atoms in total. The molecule has 0 spiro atoms. The third-order valence-corrected chi connectivity index (χ3v) is 4.33. The van der Waals surface area contributed by atoms with Gasteiger partial charge in [0, 0.05) is 13.1 Å². The number of piperidine rings is 1. The number of anilines is 1. The smallest absolute Gasteiger partial charge is 0.318 e. The minimum Gasteiger partial charge on any atom is -0.406 e. The highest BCUT2D eigenvalue weighted by atomic mass is 16.4. The van der Waals surface area contributed by atoms with Crippen molar-refractivity contribution in [2.24, 2.45) is 5.41 Å². The summed E-state index contributed by atoms with van der Waals surface area (Å²) in [5, 5.41) is 11.4. The van der Waals surface area contributed by atoms with E-state index in [1.54, 1.807) is 0 Å². The number of nitrogens with zero attached hydrogens (tertiary/aromatic N) is 3. The predicted molar refractivity (Wildman–Crippen MR) is 71.6 cm³/mol. The Balaban J connectivity index is 1.99. The van der Waals surface area contributed by atoms with Crippen molar-refractivity contribution in [2.45, 2.75) is 46.1 Å². The van der Waals surface area contributed by atoms with E-state index in [0.29, 0.717) is 17.3 Å². The van der Waals surface area contributed by atoms with Crippen LogP contribution in [-0.4, -0.2) is 30.3 Å².